The van der Waals surface area contributed by atoms with Crippen LogP contribution in [0.3, 0.4) is 0 Å². The first-order valence-electron chi connectivity index (χ1n) is 9.46. The lowest BCUT2D eigenvalue weighted by molar-refractivity contribution is -0.143. The summed E-state index contributed by atoms with van der Waals surface area (Å²) in [5.74, 6) is 1.29. The number of thiazole rings is 1. The average molecular weight is 396 g/mol. The fourth-order valence-corrected chi connectivity index (χ4v) is 4.46. The van der Waals surface area contributed by atoms with Gasteiger partial charge in [0.1, 0.15) is 12.7 Å². The lowest BCUT2D eigenvalue weighted by Gasteiger charge is -2.35. The summed E-state index contributed by atoms with van der Waals surface area (Å²) >= 11 is 1.56. The van der Waals surface area contributed by atoms with Crippen LogP contribution in [-0.4, -0.2) is 47.7 Å². The first kappa shape index (κ1) is 17.3. The molecule has 1 amide bonds. The van der Waals surface area contributed by atoms with Crippen LogP contribution in [0.25, 0.3) is 10.2 Å². The molecule has 2 aromatic carbocycles. The van der Waals surface area contributed by atoms with Crippen LogP contribution in [0.5, 0.6) is 16.7 Å². The number of benzene rings is 2. The van der Waals surface area contributed by atoms with E-state index in [2.05, 4.69) is 4.98 Å². The van der Waals surface area contributed by atoms with E-state index in [1.165, 1.54) is 0 Å². The number of aromatic nitrogens is 1. The summed E-state index contributed by atoms with van der Waals surface area (Å²) in [5.41, 5.74) is 0.963. The number of rotatable bonds is 3. The van der Waals surface area contributed by atoms with Crippen LogP contribution < -0.4 is 14.2 Å². The molecular formula is C21H20N2O4S. The van der Waals surface area contributed by atoms with E-state index in [0.29, 0.717) is 29.8 Å². The van der Waals surface area contributed by atoms with Gasteiger partial charge in [0.05, 0.1) is 10.2 Å². The van der Waals surface area contributed by atoms with E-state index >= 15 is 0 Å². The Labute approximate surface area is 166 Å². The minimum Gasteiger partial charge on any atom is -0.485 e. The Kier molecular flexibility index (Phi) is 4.52. The Morgan fingerprint density at radius 1 is 1.07 bits per heavy atom. The summed E-state index contributed by atoms with van der Waals surface area (Å²) in [7, 11) is 0. The lowest BCUT2D eigenvalue weighted by Crippen LogP contribution is -2.50. The van der Waals surface area contributed by atoms with Gasteiger partial charge in [0.25, 0.3) is 11.1 Å². The smallest absolute Gasteiger partial charge is 0.274 e. The number of para-hydroxylation sites is 3. The summed E-state index contributed by atoms with van der Waals surface area (Å²) in [4.78, 5) is 19.2. The van der Waals surface area contributed by atoms with Crippen molar-refractivity contribution < 1.29 is 19.0 Å². The topological polar surface area (TPSA) is 60.9 Å². The molecule has 28 heavy (non-hydrogen) atoms. The van der Waals surface area contributed by atoms with E-state index in [9.17, 15) is 4.79 Å². The summed E-state index contributed by atoms with van der Waals surface area (Å²) in [6.45, 7) is 1.55. The van der Waals surface area contributed by atoms with Crippen LogP contribution in [-0.2, 0) is 4.79 Å². The number of fused-ring (bicyclic) bond motifs is 2. The number of carbonyl (C=O) groups excluding carboxylic acids is 1. The molecule has 0 saturated carbocycles. The second-order valence-electron chi connectivity index (χ2n) is 6.95. The molecule has 5 rings (SSSR count). The second-order valence-corrected chi connectivity index (χ2v) is 7.95. The molecular weight excluding hydrogens is 376 g/mol. The van der Waals surface area contributed by atoms with Crippen molar-refractivity contribution in [1.82, 2.24) is 9.88 Å². The lowest BCUT2D eigenvalue weighted by atomic mass is 10.1. The SMILES string of the molecule is O=C([C@@H]1COc2ccccc2O1)N1CCC(Oc2nc3ccccc3s2)CC1. The van der Waals surface area contributed by atoms with Gasteiger partial charge in [-0.25, -0.2) is 4.98 Å². The molecule has 144 valence electrons. The number of amides is 1. The van der Waals surface area contributed by atoms with Gasteiger partial charge < -0.3 is 19.1 Å². The summed E-state index contributed by atoms with van der Waals surface area (Å²) < 4.78 is 18.7. The van der Waals surface area contributed by atoms with Crippen molar-refractivity contribution >= 4 is 27.5 Å². The molecule has 2 aliphatic heterocycles. The molecule has 0 radical (unpaired) electrons. The molecule has 1 atom stereocenters. The molecule has 0 aliphatic carbocycles. The third-order valence-corrected chi connectivity index (χ3v) is 6.01. The monoisotopic (exact) mass is 396 g/mol. The number of hydrogen-bond acceptors (Lipinski definition) is 6. The van der Waals surface area contributed by atoms with Gasteiger partial charge in [-0.05, 0) is 24.3 Å². The highest BCUT2D eigenvalue weighted by atomic mass is 32.1. The molecule has 1 aromatic heterocycles. The van der Waals surface area contributed by atoms with Crippen molar-refractivity contribution in [1.29, 1.82) is 0 Å². The number of carbonyl (C=O) groups is 1. The molecule has 0 bridgehead atoms. The number of likely N-dealkylation sites (tertiary alicyclic amines) is 1. The van der Waals surface area contributed by atoms with Crippen molar-refractivity contribution in [3.05, 3.63) is 48.5 Å². The van der Waals surface area contributed by atoms with Crippen molar-refractivity contribution in [3.63, 3.8) is 0 Å². The Morgan fingerprint density at radius 2 is 1.82 bits per heavy atom. The zero-order valence-corrected chi connectivity index (χ0v) is 16.1. The molecule has 3 aromatic rings. The quantitative estimate of drug-likeness (QED) is 0.678. The van der Waals surface area contributed by atoms with Crippen LogP contribution in [0.4, 0.5) is 0 Å². The van der Waals surface area contributed by atoms with Crippen LogP contribution >= 0.6 is 11.3 Å². The van der Waals surface area contributed by atoms with Crippen LogP contribution in [0.15, 0.2) is 48.5 Å². The normalized spacial score (nSPS) is 19.6. The summed E-state index contributed by atoms with van der Waals surface area (Å²) in [6.07, 6.45) is 1.06. The van der Waals surface area contributed by atoms with Gasteiger partial charge in [0.15, 0.2) is 11.5 Å². The van der Waals surface area contributed by atoms with Crippen LogP contribution in [0.1, 0.15) is 12.8 Å². The van der Waals surface area contributed by atoms with Gasteiger partial charge in [-0.1, -0.05) is 35.6 Å². The van der Waals surface area contributed by atoms with E-state index in [4.69, 9.17) is 14.2 Å². The number of nitrogens with zero attached hydrogens (tertiary/aromatic N) is 2. The average Bonchev–Trinajstić information content (AvgIpc) is 3.16. The maximum Gasteiger partial charge on any atom is 0.274 e. The molecule has 7 heteroatoms. The van der Waals surface area contributed by atoms with E-state index in [-0.39, 0.29) is 18.6 Å². The molecule has 1 saturated heterocycles. The predicted octanol–water partition coefficient (Wildman–Crippen LogP) is 3.51. The van der Waals surface area contributed by atoms with Gasteiger partial charge in [-0.3, -0.25) is 4.79 Å². The predicted molar refractivity (Wildman–Crippen MR) is 106 cm³/mol. The third-order valence-electron chi connectivity index (χ3n) is 5.08. The van der Waals surface area contributed by atoms with Crippen molar-refractivity contribution in [3.8, 4) is 16.7 Å². The van der Waals surface area contributed by atoms with Crippen LogP contribution in [0, 0.1) is 0 Å². The molecule has 0 unspecified atom stereocenters. The molecule has 0 spiro atoms. The van der Waals surface area contributed by atoms with E-state index in [1.807, 2.05) is 53.4 Å². The number of ether oxygens (including phenoxy) is 3. The Morgan fingerprint density at radius 3 is 2.64 bits per heavy atom. The maximum atomic E-state index is 12.8. The maximum absolute atomic E-state index is 12.8. The van der Waals surface area contributed by atoms with Crippen molar-refractivity contribution in [2.75, 3.05) is 19.7 Å². The van der Waals surface area contributed by atoms with E-state index in [0.717, 1.165) is 23.1 Å². The van der Waals surface area contributed by atoms with Gasteiger partial charge in [-0.2, -0.15) is 0 Å². The van der Waals surface area contributed by atoms with Gasteiger partial charge in [0, 0.05) is 25.9 Å². The number of piperidine rings is 1. The standard InChI is InChI=1S/C21H20N2O4S/c24-20(18-13-25-16-6-2-3-7-17(16)27-18)23-11-9-14(10-12-23)26-21-22-15-5-1-4-8-19(15)28-21/h1-8,14,18H,9-13H2/t18-/m0/s1. The zero-order chi connectivity index (χ0) is 18.9. The summed E-state index contributed by atoms with van der Waals surface area (Å²) in [6, 6.07) is 15.5. The van der Waals surface area contributed by atoms with Crippen molar-refractivity contribution in [2.45, 2.75) is 25.0 Å². The highest BCUT2D eigenvalue weighted by Crippen LogP contribution is 2.32. The number of hydrogen-bond donors (Lipinski definition) is 0. The largest absolute Gasteiger partial charge is 0.485 e. The van der Waals surface area contributed by atoms with Crippen molar-refractivity contribution in [2.24, 2.45) is 0 Å². The van der Waals surface area contributed by atoms with Gasteiger partial charge in [0.2, 0.25) is 6.10 Å². The van der Waals surface area contributed by atoms with E-state index < -0.39 is 6.10 Å². The molecule has 6 nitrogen and oxygen atoms in total. The van der Waals surface area contributed by atoms with Gasteiger partial charge in [-0.15, -0.1) is 0 Å². The Hall–Kier alpha value is -2.80. The Bertz CT molecular complexity index is 964. The fraction of sp³-hybridized carbons (Fsp3) is 0.333. The Balaban J connectivity index is 1.17. The third kappa shape index (κ3) is 3.38. The minimum absolute atomic E-state index is 0.0204. The molecule has 1 fully saturated rings. The highest BCUT2D eigenvalue weighted by molar-refractivity contribution is 7.20. The highest BCUT2D eigenvalue weighted by Gasteiger charge is 2.33. The molecule has 3 heterocycles. The first-order valence-corrected chi connectivity index (χ1v) is 10.3. The zero-order valence-electron chi connectivity index (χ0n) is 15.2. The summed E-state index contributed by atoms with van der Waals surface area (Å²) in [5, 5.41) is 0.701. The molecule has 0 N–H and O–H groups in total. The second kappa shape index (κ2) is 7.31. The fourth-order valence-electron chi connectivity index (χ4n) is 3.58. The van der Waals surface area contributed by atoms with E-state index in [1.54, 1.807) is 11.3 Å². The van der Waals surface area contributed by atoms with Crippen LogP contribution in [0.2, 0.25) is 0 Å². The van der Waals surface area contributed by atoms with Gasteiger partial charge >= 0.3 is 0 Å². The first-order chi connectivity index (χ1) is 13.8. The minimum atomic E-state index is -0.586. The molecule has 2 aliphatic rings.